The number of nitrogens with zero attached hydrogens (tertiary/aromatic N) is 1. The zero-order chi connectivity index (χ0) is 17.1. The first kappa shape index (κ1) is 16.1. The number of carbonyl (C=O) groups is 2. The molecule has 24 heavy (non-hydrogen) atoms. The molecule has 5 nitrogen and oxygen atoms in total. The van der Waals surface area contributed by atoms with Gasteiger partial charge in [-0.1, -0.05) is 36.5 Å². The number of hydrogen-bond donors (Lipinski definition) is 1. The Labute approximate surface area is 143 Å². The lowest BCUT2D eigenvalue weighted by molar-refractivity contribution is 0.0597. The van der Waals surface area contributed by atoms with Gasteiger partial charge in [0.15, 0.2) is 5.13 Å². The molecule has 122 valence electrons. The first-order valence-corrected chi connectivity index (χ1v) is 8.32. The Balaban J connectivity index is 1.89. The van der Waals surface area contributed by atoms with Crippen LogP contribution in [0.1, 0.15) is 33.2 Å². The van der Waals surface area contributed by atoms with E-state index in [1.807, 2.05) is 12.1 Å². The Morgan fingerprint density at radius 2 is 1.92 bits per heavy atom. The van der Waals surface area contributed by atoms with Crippen LogP contribution in [0.15, 0.2) is 42.5 Å². The normalized spacial score (nSPS) is 10.6. The molecule has 3 aromatic rings. The molecule has 6 heteroatoms. The highest BCUT2D eigenvalue weighted by Gasteiger charge is 2.18. The summed E-state index contributed by atoms with van der Waals surface area (Å²) in [6.07, 6.45) is 0.946. The van der Waals surface area contributed by atoms with Crippen LogP contribution >= 0.6 is 11.3 Å². The van der Waals surface area contributed by atoms with Gasteiger partial charge in [0, 0.05) is 0 Å². The highest BCUT2D eigenvalue weighted by Crippen LogP contribution is 2.27. The minimum Gasteiger partial charge on any atom is -0.465 e. The lowest BCUT2D eigenvalue weighted by Crippen LogP contribution is -2.16. The molecule has 0 saturated heterocycles. The molecule has 2 aromatic carbocycles. The van der Waals surface area contributed by atoms with Crippen molar-refractivity contribution in [3.63, 3.8) is 0 Å². The fourth-order valence-corrected chi connectivity index (χ4v) is 3.30. The van der Waals surface area contributed by atoms with Gasteiger partial charge in [-0.2, -0.15) is 0 Å². The summed E-state index contributed by atoms with van der Waals surface area (Å²) >= 11 is 1.41. The fraction of sp³-hybridized carbons (Fsp3) is 0.167. The van der Waals surface area contributed by atoms with Gasteiger partial charge in [-0.25, -0.2) is 9.78 Å². The number of methoxy groups -OCH3 is 1. The number of aryl methyl sites for hydroxylation is 1. The van der Waals surface area contributed by atoms with Gasteiger partial charge in [-0.05, 0) is 36.2 Å². The maximum Gasteiger partial charge on any atom is 0.338 e. The molecule has 1 heterocycles. The molecule has 0 aliphatic rings. The summed E-state index contributed by atoms with van der Waals surface area (Å²) in [5.74, 6) is -0.927. The Morgan fingerprint density at radius 3 is 2.62 bits per heavy atom. The Bertz CT molecular complexity index is 918. The number of rotatable bonds is 4. The maximum atomic E-state index is 12.5. The van der Waals surface area contributed by atoms with E-state index in [2.05, 4.69) is 23.3 Å². The second-order valence-electron chi connectivity index (χ2n) is 5.17. The largest absolute Gasteiger partial charge is 0.465 e. The van der Waals surface area contributed by atoms with E-state index in [9.17, 15) is 9.59 Å². The molecule has 0 saturated carbocycles. The summed E-state index contributed by atoms with van der Waals surface area (Å²) < 4.78 is 5.74. The van der Waals surface area contributed by atoms with Crippen molar-refractivity contribution in [1.82, 2.24) is 4.98 Å². The van der Waals surface area contributed by atoms with Crippen molar-refractivity contribution in [3.8, 4) is 0 Å². The van der Waals surface area contributed by atoms with Crippen LogP contribution in [-0.4, -0.2) is 24.0 Å². The third kappa shape index (κ3) is 3.14. The number of anilines is 1. The number of amides is 1. The first-order valence-electron chi connectivity index (χ1n) is 7.50. The molecule has 0 aliphatic heterocycles. The zero-order valence-corrected chi connectivity index (χ0v) is 14.1. The molecular formula is C18H16N2O3S. The average molecular weight is 340 g/mol. The molecule has 1 amide bonds. The third-order valence-corrected chi connectivity index (χ3v) is 4.59. The average Bonchev–Trinajstić information content (AvgIpc) is 3.02. The first-order chi connectivity index (χ1) is 11.6. The summed E-state index contributed by atoms with van der Waals surface area (Å²) in [6.45, 7) is 2.09. The van der Waals surface area contributed by atoms with Crippen LogP contribution in [0.25, 0.3) is 10.2 Å². The molecule has 0 radical (unpaired) electrons. The standard InChI is InChI=1S/C18H16N2O3S/c1-3-11-8-9-14-15(10-11)24-18(19-14)20-16(21)12-6-4-5-7-13(12)17(22)23-2/h4-10H,3H2,1-2H3,(H,19,20,21). The Kier molecular flexibility index (Phi) is 4.57. The molecule has 0 spiro atoms. The van der Waals surface area contributed by atoms with Crippen molar-refractivity contribution in [2.24, 2.45) is 0 Å². The number of benzene rings is 2. The molecule has 1 N–H and O–H groups in total. The number of ether oxygens (including phenoxy) is 1. The van der Waals surface area contributed by atoms with E-state index in [1.165, 1.54) is 24.0 Å². The van der Waals surface area contributed by atoms with Crippen LogP contribution < -0.4 is 5.32 Å². The highest BCUT2D eigenvalue weighted by molar-refractivity contribution is 7.22. The van der Waals surface area contributed by atoms with Crippen LogP contribution in [0.5, 0.6) is 0 Å². The molecule has 3 rings (SSSR count). The molecule has 0 aliphatic carbocycles. The number of esters is 1. The summed E-state index contributed by atoms with van der Waals surface area (Å²) in [4.78, 5) is 28.7. The van der Waals surface area contributed by atoms with E-state index >= 15 is 0 Å². The number of hydrogen-bond acceptors (Lipinski definition) is 5. The van der Waals surface area contributed by atoms with Crippen molar-refractivity contribution >= 4 is 38.6 Å². The number of nitrogens with one attached hydrogen (secondary N) is 1. The highest BCUT2D eigenvalue weighted by atomic mass is 32.1. The molecule has 1 aromatic heterocycles. The predicted molar refractivity (Wildman–Crippen MR) is 94.7 cm³/mol. The second-order valence-corrected chi connectivity index (χ2v) is 6.20. The molecule has 0 unspecified atom stereocenters. The van der Waals surface area contributed by atoms with Crippen molar-refractivity contribution < 1.29 is 14.3 Å². The monoisotopic (exact) mass is 340 g/mol. The van der Waals surface area contributed by atoms with E-state index in [1.54, 1.807) is 24.3 Å². The Morgan fingerprint density at radius 1 is 1.17 bits per heavy atom. The summed E-state index contributed by atoms with van der Waals surface area (Å²) in [5, 5.41) is 3.27. The summed E-state index contributed by atoms with van der Waals surface area (Å²) in [6, 6.07) is 12.6. The lowest BCUT2D eigenvalue weighted by Gasteiger charge is -2.06. The van der Waals surface area contributed by atoms with Crippen LogP contribution in [0.2, 0.25) is 0 Å². The van der Waals surface area contributed by atoms with Gasteiger partial charge in [0.25, 0.3) is 5.91 Å². The SMILES string of the molecule is CCc1ccc2nc(NC(=O)c3ccccc3C(=O)OC)sc2c1. The number of carbonyl (C=O) groups excluding carboxylic acids is 2. The van der Waals surface area contributed by atoms with Crippen molar-refractivity contribution in [1.29, 1.82) is 0 Å². The number of thiazole rings is 1. The smallest absolute Gasteiger partial charge is 0.338 e. The third-order valence-electron chi connectivity index (χ3n) is 3.66. The van der Waals surface area contributed by atoms with Gasteiger partial charge in [-0.3, -0.25) is 10.1 Å². The van der Waals surface area contributed by atoms with E-state index < -0.39 is 5.97 Å². The predicted octanol–water partition coefficient (Wildman–Crippen LogP) is 3.90. The van der Waals surface area contributed by atoms with Crippen LogP contribution in [0, 0.1) is 0 Å². The molecular weight excluding hydrogens is 324 g/mol. The molecule has 0 bridgehead atoms. The van der Waals surface area contributed by atoms with Gasteiger partial charge >= 0.3 is 5.97 Å². The minimum atomic E-state index is -0.544. The van der Waals surface area contributed by atoms with Crippen LogP contribution in [0.3, 0.4) is 0 Å². The minimum absolute atomic E-state index is 0.229. The van der Waals surface area contributed by atoms with Gasteiger partial charge in [0.05, 0.1) is 28.5 Å². The quantitative estimate of drug-likeness (QED) is 0.732. The van der Waals surface area contributed by atoms with Crippen LogP contribution in [-0.2, 0) is 11.2 Å². The summed E-state index contributed by atoms with van der Waals surface area (Å²) in [7, 11) is 1.29. The van der Waals surface area contributed by atoms with Gasteiger partial charge in [0.2, 0.25) is 0 Å². The Hall–Kier alpha value is -2.73. The summed E-state index contributed by atoms with van der Waals surface area (Å²) in [5.41, 5.74) is 2.55. The van der Waals surface area contributed by atoms with Crippen molar-refractivity contribution in [2.75, 3.05) is 12.4 Å². The fourth-order valence-electron chi connectivity index (χ4n) is 2.38. The number of aromatic nitrogens is 1. The molecule has 0 fully saturated rings. The van der Waals surface area contributed by atoms with E-state index in [-0.39, 0.29) is 17.0 Å². The molecule has 0 atom stereocenters. The van der Waals surface area contributed by atoms with Gasteiger partial charge in [-0.15, -0.1) is 0 Å². The van der Waals surface area contributed by atoms with Gasteiger partial charge in [0.1, 0.15) is 0 Å². The zero-order valence-electron chi connectivity index (χ0n) is 13.3. The maximum absolute atomic E-state index is 12.5. The van der Waals surface area contributed by atoms with E-state index in [4.69, 9.17) is 4.74 Å². The van der Waals surface area contributed by atoms with Crippen LogP contribution in [0.4, 0.5) is 5.13 Å². The second kappa shape index (κ2) is 6.80. The topological polar surface area (TPSA) is 68.3 Å². The lowest BCUT2D eigenvalue weighted by atomic mass is 10.1. The van der Waals surface area contributed by atoms with Crippen molar-refractivity contribution in [2.45, 2.75) is 13.3 Å². The van der Waals surface area contributed by atoms with Crippen molar-refractivity contribution in [3.05, 3.63) is 59.2 Å². The van der Waals surface area contributed by atoms with E-state index in [0.717, 1.165) is 16.6 Å². The number of fused-ring (bicyclic) bond motifs is 1. The van der Waals surface area contributed by atoms with Gasteiger partial charge < -0.3 is 4.74 Å². The van der Waals surface area contributed by atoms with E-state index in [0.29, 0.717) is 5.13 Å².